The highest BCUT2D eigenvalue weighted by atomic mass is 16.3. The number of hydrogen-bond acceptors (Lipinski definition) is 8. The molecule has 11 aromatic carbocycles. The smallest absolute Gasteiger partial charge is 0.159 e. The third kappa shape index (κ3) is 7.21. The molecule has 0 radical (unpaired) electrons. The molecular formula is C74H54N4O4. The van der Waals surface area contributed by atoms with Crippen LogP contribution in [0.4, 0.5) is 34.1 Å². The maximum absolute atomic E-state index is 11.3. The summed E-state index contributed by atoms with van der Waals surface area (Å²) in [4.78, 5) is 4.55. The summed E-state index contributed by atoms with van der Waals surface area (Å²) in [6.45, 7) is 17.6. The average Bonchev–Trinajstić information content (AvgIpc) is 2.59. The van der Waals surface area contributed by atoms with E-state index in [4.69, 9.17) is 17.7 Å². The first-order valence-electron chi connectivity index (χ1n) is 27.8. The van der Waals surface area contributed by atoms with Crippen molar-refractivity contribution in [3.8, 4) is 12.1 Å². The molecule has 15 aromatic rings. The van der Waals surface area contributed by atoms with Crippen molar-refractivity contribution in [2.75, 3.05) is 9.80 Å². The monoisotopic (exact) mass is 1060 g/mol. The first kappa shape index (κ1) is 48.8. The van der Waals surface area contributed by atoms with Crippen molar-refractivity contribution in [3.05, 3.63) is 215 Å². The van der Waals surface area contributed by atoms with Gasteiger partial charge in [0, 0.05) is 77.0 Å². The molecule has 0 bridgehead atoms. The zero-order valence-corrected chi connectivity index (χ0v) is 46.7. The molecule has 0 aliphatic rings. The van der Waals surface area contributed by atoms with Crippen molar-refractivity contribution in [1.29, 1.82) is 10.5 Å². The second kappa shape index (κ2) is 17.6. The largest absolute Gasteiger partial charge is 0.454 e. The Kier molecular flexibility index (Phi) is 10.5. The first-order chi connectivity index (χ1) is 39.7. The summed E-state index contributed by atoms with van der Waals surface area (Å²) >= 11 is 0. The van der Waals surface area contributed by atoms with Crippen LogP contribution in [-0.2, 0) is 10.8 Å². The zero-order valence-electron chi connectivity index (χ0n) is 46.7. The second-order valence-electron chi connectivity index (χ2n) is 24.0. The highest BCUT2D eigenvalue weighted by molar-refractivity contribution is 6.24. The normalized spacial score (nSPS) is 12.4. The van der Waals surface area contributed by atoms with Crippen molar-refractivity contribution >= 4 is 143 Å². The van der Waals surface area contributed by atoms with Crippen LogP contribution in [0.2, 0.25) is 0 Å². The Morgan fingerprint density at radius 2 is 0.732 bits per heavy atom. The number of nitriles is 2. The molecule has 0 fully saturated rings. The third-order valence-electron chi connectivity index (χ3n) is 16.8. The van der Waals surface area contributed by atoms with Crippen LogP contribution in [0.15, 0.2) is 200 Å². The lowest BCUT2D eigenvalue weighted by atomic mass is 9.86. The van der Waals surface area contributed by atoms with Gasteiger partial charge in [-0.3, -0.25) is 0 Å². The van der Waals surface area contributed by atoms with E-state index in [1.54, 1.807) is 0 Å². The zero-order chi connectivity index (χ0) is 56.1. The van der Waals surface area contributed by atoms with Gasteiger partial charge in [0.25, 0.3) is 0 Å². The van der Waals surface area contributed by atoms with Crippen molar-refractivity contribution < 1.29 is 17.7 Å². The molecule has 15 rings (SSSR count). The van der Waals surface area contributed by atoms with E-state index in [-0.39, 0.29) is 16.4 Å². The Morgan fingerprint density at radius 3 is 1.13 bits per heavy atom. The predicted octanol–water partition coefficient (Wildman–Crippen LogP) is 21.5. The molecule has 0 N–H and O–H groups in total. The molecule has 0 unspecified atom stereocenters. The van der Waals surface area contributed by atoms with Crippen LogP contribution in [0.5, 0.6) is 0 Å². The van der Waals surface area contributed by atoms with E-state index in [1.165, 1.54) is 0 Å². The fourth-order valence-corrected chi connectivity index (χ4v) is 12.8. The minimum atomic E-state index is -0.122. The number of nitrogens with zero attached hydrogens (tertiary/aromatic N) is 4. The molecule has 0 spiro atoms. The van der Waals surface area contributed by atoms with Crippen molar-refractivity contribution in [1.82, 2.24) is 0 Å². The summed E-state index contributed by atoms with van der Waals surface area (Å²) in [5, 5.41) is 33.0. The minimum absolute atomic E-state index is 0.122. The molecule has 4 heterocycles. The molecule has 394 valence electrons. The molecule has 0 aliphatic heterocycles. The van der Waals surface area contributed by atoms with Gasteiger partial charge in [-0.15, -0.1) is 0 Å². The Bertz CT molecular complexity index is 5010. The lowest BCUT2D eigenvalue weighted by Crippen LogP contribution is -2.11. The van der Waals surface area contributed by atoms with Crippen LogP contribution in [0.1, 0.15) is 74.9 Å². The molecule has 8 nitrogen and oxygen atoms in total. The Hall–Kier alpha value is -10.3. The number of anilines is 6. The number of para-hydroxylation sites is 6. The van der Waals surface area contributed by atoms with Gasteiger partial charge in [0.05, 0.1) is 16.9 Å². The molecule has 0 atom stereocenters. The Morgan fingerprint density at radius 1 is 0.341 bits per heavy atom. The van der Waals surface area contributed by atoms with E-state index in [0.29, 0.717) is 38.7 Å². The molecule has 0 aliphatic carbocycles. The molecule has 0 saturated heterocycles. The van der Waals surface area contributed by atoms with Gasteiger partial charge in [0.2, 0.25) is 0 Å². The van der Waals surface area contributed by atoms with Gasteiger partial charge >= 0.3 is 0 Å². The SMILES string of the molecule is Cc1ccccc1N(c1ccc2cc3c(cc2c1)oc1c(C#N)c2oc4cc5cc(N(c6ccccc6C)c6cccc7c6oc6c(C(C)(C)C)cccc67)ccc5cc4c2c(C#N)c13)c1cccc2c1oc1c(C(C)(C)C)cccc12. The van der Waals surface area contributed by atoms with Crippen molar-refractivity contribution in [3.63, 3.8) is 0 Å². The number of aryl methyl sites for hydroxylation is 2. The van der Waals surface area contributed by atoms with Crippen molar-refractivity contribution in [2.45, 2.75) is 66.2 Å². The van der Waals surface area contributed by atoms with E-state index >= 15 is 0 Å². The Balaban J connectivity index is 0.879. The highest BCUT2D eigenvalue weighted by Crippen LogP contribution is 2.50. The van der Waals surface area contributed by atoms with E-state index in [2.05, 4.69) is 247 Å². The number of hydrogen-bond donors (Lipinski definition) is 0. The van der Waals surface area contributed by atoms with Crippen LogP contribution >= 0.6 is 0 Å². The topological polar surface area (TPSA) is 107 Å². The number of furan rings is 4. The lowest BCUT2D eigenvalue weighted by molar-refractivity contribution is 0.572. The lowest BCUT2D eigenvalue weighted by Gasteiger charge is -2.27. The van der Waals surface area contributed by atoms with Crippen LogP contribution in [0, 0.1) is 36.5 Å². The van der Waals surface area contributed by atoms with Gasteiger partial charge in [-0.25, -0.2) is 0 Å². The van der Waals surface area contributed by atoms with Gasteiger partial charge in [0.15, 0.2) is 22.3 Å². The number of fused-ring (bicyclic) bond motifs is 14. The van der Waals surface area contributed by atoms with Crippen molar-refractivity contribution in [2.24, 2.45) is 0 Å². The van der Waals surface area contributed by atoms with Crippen LogP contribution in [0.3, 0.4) is 0 Å². The number of benzene rings is 11. The van der Waals surface area contributed by atoms with E-state index in [9.17, 15) is 10.5 Å². The molecule has 0 saturated carbocycles. The quantitative estimate of drug-likeness (QED) is 0.162. The fraction of sp³-hybridized carbons (Fsp3) is 0.135. The van der Waals surface area contributed by atoms with Crippen LogP contribution < -0.4 is 9.80 Å². The molecule has 4 aromatic heterocycles. The summed E-state index contributed by atoms with van der Waals surface area (Å²) in [6.07, 6.45) is 0. The molecule has 8 heteroatoms. The Labute approximate surface area is 472 Å². The van der Waals surface area contributed by atoms with E-state index < -0.39 is 0 Å². The fourth-order valence-electron chi connectivity index (χ4n) is 12.8. The van der Waals surface area contributed by atoms with E-state index in [1.807, 2.05) is 12.1 Å². The second-order valence-corrected chi connectivity index (χ2v) is 24.0. The van der Waals surface area contributed by atoms with Gasteiger partial charge < -0.3 is 27.5 Å². The van der Waals surface area contributed by atoms with Crippen LogP contribution in [0.25, 0.3) is 109 Å². The van der Waals surface area contributed by atoms with Gasteiger partial charge in [-0.05, 0) is 130 Å². The average molecular weight is 1060 g/mol. The van der Waals surface area contributed by atoms with E-state index in [0.717, 1.165) is 133 Å². The van der Waals surface area contributed by atoms with Gasteiger partial charge in [-0.2, -0.15) is 10.5 Å². The maximum Gasteiger partial charge on any atom is 0.159 e. The van der Waals surface area contributed by atoms with Gasteiger partial charge in [-0.1, -0.05) is 151 Å². The highest BCUT2D eigenvalue weighted by Gasteiger charge is 2.29. The summed E-state index contributed by atoms with van der Waals surface area (Å²) < 4.78 is 27.4. The minimum Gasteiger partial charge on any atom is -0.454 e. The van der Waals surface area contributed by atoms with Gasteiger partial charge in [0.1, 0.15) is 40.0 Å². The third-order valence-corrected chi connectivity index (χ3v) is 16.8. The first-order valence-corrected chi connectivity index (χ1v) is 27.8. The number of rotatable bonds is 6. The molecular weight excluding hydrogens is 1010 g/mol. The predicted molar refractivity (Wildman–Crippen MR) is 336 cm³/mol. The standard InChI is InChI=1S/C74H54N4O4/c1-41-17-9-11-25-59(41)77(61-27-15-21-51-49-19-13-23-57(73(3,4)5)67(49)81-69(51)61)47-31-29-43-35-53-63(37-45(43)33-47)79-71-56(40-76)72-66(55(39-75)65(53)71)54-36-44-30-32-48(34-46(44)38-64(54)80-72)78(60-26-12-10-18-42(60)2)62-28-16-22-52-50-20-14-24-58(74(6,7)8)68(50)82-70(52)62/h9-38H,1-8H3. The summed E-state index contributed by atoms with van der Waals surface area (Å²) in [5.41, 5.74) is 15.8. The summed E-state index contributed by atoms with van der Waals surface area (Å²) in [7, 11) is 0. The molecule has 0 amide bonds. The summed E-state index contributed by atoms with van der Waals surface area (Å²) in [6, 6.07) is 68.4. The molecule has 82 heavy (non-hydrogen) atoms. The maximum atomic E-state index is 11.3. The summed E-state index contributed by atoms with van der Waals surface area (Å²) in [5.74, 6) is 0. The van der Waals surface area contributed by atoms with Crippen LogP contribution in [-0.4, -0.2) is 0 Å².